The van der Waals surface area contributed by atoms with E-state index in [0.29, 0.717) is 25.8 Å². The Hall–Kier alpha value is -1.67. The number of carbonyl (C=O) groups excluding carboxylic acids is 3. The lowest BCUT2D eigenvalue weighted by Crippen LogP contribution is -2.59. The Morgan fingerprint density at radius 2 is 1.97 bits per heavy atom. The van der Waals surface area contributed by atoms with Gasteiger partial charge in [-0.25, -0.2) is 0 Å². The second kappa shape index (κ2) is 9.67. The first-order chi connectivity index (χ1) is 15.2. The Bertz CT molecular complexity index is 727. The molecule has 3 aliphatic rings. The van der Waals surface area contributed by atoms with E-state index in [-0.39, 0.29) is 30.9 Å². The van der Waals surface area contributed by atoms with Crippen molar-refractivity contribution in [3.8, 4) is 0 Å². The summed E-state index contributed by atoms with van der Waals surface area (Å²) in [6.07, 6.45) is 4.62. The number of rotatable bonds is 11. The average molecular weight is 453 g/mol. The molecular weight excluding hydrogens is 412 g/mol. The van der Waals surface area contributed by atoms with Crippen molar-refractivity contribution in [1.29, 1.82) is 0 Å². The van der Waals surface area contributed by atoms with E-state index >= 15 is 0 Å². The molecule has 182 valence electrons. The monoisotopic (exact) mass is 452 g/mol. The van der Waals surface area contributed by atoms with Crippen LogP contribution in [0, 0.1) is 17.8 Å². The minimum atomic E-state index is -1.07. The van der Waals surface area contributed by atoms with E-state index in [1.165, 1.54) is 4.90 Å². The van der Waals surface area contributed by atoms with Gasteiger partial charge in [-0.3, -0.25) is 14.4 Å². The normalized spacial score (nSPS) is 34.2. The number of unbranched alkanes of at least 4 members (excludes halogenated alkanes) is 2. The van der Waals surface area contributed by atoms with Crippen LogP contribution in [0.2, 0.25) is 0 Å². The number of nitrogens with one attached hydrogen (secondary N) is 1. The van der Waals surface area contributed by atoms with Crippen molar-refractivity contribution in [3.63, 3.8) is 0 Å². The maximum absolute atomic E-state index is 13.9. The summed E-state index contributed by atoms with van der Waals surface area (Å²) in [5.74, 6) is -2.53. The lowest BCUT2D eigenvalue weighted by molar-refractivity contribution is -0.162. The molecule has 2 N–H and O–H groups in total. The molecule has 1 spiro atoms. The zero-order valence-corrected chi connectivity index (χ0v) is 20.2. The number of aliphatic hydroxyl groups excluding tert-OH is 1. The van der Waals surface area contributed by atoms with Gasteiger partial charge in [0.05, 0.1) is 30.8 Å². The number of amides is 2. The van der Waals surface area contributed by atoms with Gasteiger partial charge in [-0.15, -0.1) is 0 Å². The van der Waals surface area contributed by atoms with Crippen molar-refractivity contribution in [3.05, 3.63) is 0 Å². The number of likely N-dealkylation sites (tertiary alicyclic amines) is 1. The van der Waals surface area contributed by atoms with Crippen molar-refractivity contribution >= 4 is 17.8 Å². The van der Waals surface area contributed by atoms with Crippen LogP contribution in [0.25, 0.3) is 0 Å². The highest BCUT2D eigenvalue weighted by atomic mass is 16.6. The van der Waals surface area contributed by atoms with Crippen LogP contribution in [-0.2, 0) is 23.9 Å². The molecule has 0 radical (unpaired) electrons. The summed E-state index contributed by atoms with van der Waals surface area (Å²) in [5.41, 5.74) is -1.85. The first-order valence-electron chi connectivity index (χ1n) is 12.3. The Morgan fingerprint density at radius 1 is 1.25 bits per heavy atom. The van der Waals surface area contributed by atoms with E-state index in [0.717, 1.165) is 19.3 Å². The molecule has 3 heterocycles. The fourth-order valence-corrected chi connectivity index (χ4v) is 6.21. The molecule has 3 aliphatic heterocycles. The Kier molecular flexibility index (Phi) is 7.55. The molecule has 2 amide bonds. The number of esters is 1. The second-order valence-corrected chi connectivity index (χ2v) is 9.82. The Balaban J connectivity index is 2.04. The molecule has 2 bridgehead atoms. The summed E-state index contributed by atoms with van der Waals surface area (Å²) >= 11 is 0. The van der Waals surface area contributed by atoms with Crippen LogP contribution >= 0.6 is 0 Å². The van der Waals surface area contributed by atoms with Gasteiger partial charge < -0.3 is 24.8 Å². The van der Waals surface area contributed by atoms with Crippen LogP contribution in [0.5, 0.6) is 0 Å². The molecule has 0 aliphatic carbocycles. The molecule has 0 saturated carbocycles. The van der Waals surface area contributed by atoms with E-state index in [4.69, 9.17) is 9.47 Å². The summed E-state index contributed by atoms with van der Waals surface area (Å²) in [4.78, 5) is 42.0. The fourth-order valence-electron chi connectivity index (χ4n) is 6.21. The first kappa shape index (κ1) is 25.0. The number of hydrogen-bond donors (Lipinski definition) is 2. The van der Waals surface area contributed by atoms with Gasteiger partial charge in [0.15, 0.2) is 0 Å². The van der Waals surface area contributed by atoms with Crippen LogP contribution in [0.15, 0.2) is 0 Å². The molecule has 3 rings (SSSR count). The average Bonchev–Trinajstić information content (AvgIpc) is 3.36. The summed E-state index contributed by atoms with van der Waals surface area (Å²) in [5, 5.41) is 13.2. The Morgan fingerprint density at radius 3 is 2.53 bits per heavy atom. The van der Waals surface area contributed by atoms with Gasteiger partial charge in [0.2, 0.25) is 11.8 Å². The highest BCUT2D eigenvalue weighted by molar-refractivity contribution is 5.98. The second-order valence-electron chi connectivity index (χ2n) is 9.82. The molecule has 0 aromatic carbocycles. The van der Waals surface area contributed by atoms with Gasteiger partial charge in [0.25, 0.3) is 0 Å². The van der Waals surface area contributed by atoms with Gasteiger partial charge in [0.1, 0.15) is 17.6 Å². The Labute approximate surface area is 191 Å². The quantitative estimate of drug-likeness (QED) is 0.367. The van der Waals surface area contributed by atoms with E-state index in [1.54, 1.807) is 6.92 Å². The third-order valence-electron chi connectivity index (χ3n) is 7.80. The molecule has 8 nitrogen and oxygen atoms in total. The van der Waals surface area contributed by atoms with Gasteiger partial charge >= 0.3 is 5.97 Å². The molecule has 32 heavy (non-hydrogen) atoms. The standard InChI is InChI=1S/C24H40N2O6/c1-6-9-10-13-25-20(28)19-24-12-11-23(7-2,32-24)18(22(30)31-8-3)17(24)21(29)26(19)16(14-27)15(4)5/h15-19,27H,6-14H2,1-5H3,(H,25,28)/t16-,17-,18+,19?,23-,24?/m0/s1. The zero-order chi connectivity index (χ0) is 23.7. The van der Waals surface area contributed by atoms with Gasteiger partial charge in [-0.05, 0) is 38.5 Å². The number of fused-ring (bicyclic) bond motifs is 1. The maximum atomic E-state index is 13.9. The third kappa shape index (κ3) is 3.73. The van der Waals surface area contributed by atoms with Gasteiger partial charge in [-0.2, -0.15) is 0 Å². The smallest absolute Gasteiger partial charge is 0.312 e. The maximum Gasteiger partial charge on any atom is 0.312 e. The number of aliphatic hydroxyl groups is 1. The highest BCUT2D eigenvalue weighted by Crippen LogP contribution is 2.64. The van der Waals surface area contributed by atoms with Crippen LogP contribution in [0.3, 0.4) is 0 Å². The SMILES string of the molecule is CCCCCNC(=O)C1N([C@@H](CO)C(C)C)C(=O)[C@@H]2[C@H](C(=O)OCC)[C@]3(CC)CCC12O3. The lowest BCUT2D eigenvalue weighted by atomic mass is 9.65. The van der Waals surface area contributed by atoms with Crippen molar-refractivity contribution in [2.75, 3.05) is 19.8 Å². The number of ether oxygens (including phenoxy) is 2. The van der Waals surface area contributed by atoms with Crippen LogP contribution in [0.1, 0.15) is 73.1 Å². The van der Waals surface area contributed by atoms with Crippen molar-refractivity contribution in [2.24, 2.45) is 17.8 Å². The third-order valence-corrected chi connectivity index (χ3v) is 7.80. The predicted octanol–water partition coefficient (Wildman–Crippen LogP) is 2.03. The van der Waals surface area contributed by atoms with Crippen LogP contribution in [0.4, 0.5) is 0 Å². The number of nitrogens with zero attached hydrogens (tertiary/aromatic N) is 1. The zero-order valence-electron chi connectivity index (χ0n) is 20.2. The summed E-state index contributed by atoms with van der Waals surface area (Å²) in [6, 6.07) is -1.40. The molecular formula is C24H40N2O6. The molecule has 3 fully saturated rings. The van der Waals surface area contributed by atoms with Gasteiger partial charge in [-0.1, -0.05) is 40.5 Å². The van der Waals surface area contributed by atoms with E-state index in [9.17, 15) is 19.5 Å². The number of carbonyl (C=O) groups is 3. The molecule has 0 aromatic heterocycles. The molecule has 2 unspecified atom stereocenters. The van der Waals surface area contributed by atoms with Crippen molar-refractivity contribution in [2.45, 2.75) is 96.4 Å². The van der Waals surface area contributed by atoms with Crippen LogP contribution in [-0.4, -0.2) is 70.8 Å². The van der Waals surface area contributed by atoms with E-state index in [2.05, 4.69) is 12.2 Å². The van der Waals surface area contributed by atoms with Crippen molar-refractivity contribution < 1.29 is 29.0 Å². The molecule has 0 aromatic rings. The highest BCUT2D eigenvalue weighted by Gasteiger charge is 2.79. The summed E-state index contributed by atoms with van der Waals surface area (Å²) in [6.45, 7) is 10.1. The first-order valence-corrected chi connectivity index (χ1v) is 12.3. The largest absolute Gasteiger partial charge is 0.466 e. The summed E-state index contributed by atoms with van der Waals surface area (Å²) in [7, 11) is 0. The van der Waals surface area contributed by atoms with E-state index < -0.39 is 41.1 Å². The minimum absolute atomic E-state index is 0.0621. The number of hydrogen-bond acceptors (Lipinski definition) is 6. The topological polar surface area (TPSA) is 105 Å². The lowest BCUT2D eigenvalue weighted by Gasteiger charge is -2.38. The molecule has 6 atom stereocenters. The van der Waals surface area contributed by atoms with Gasteiger partial charge in [0, 0.05) is 6.54 Å². The van der Waals surface area contributed by atoms with Crippen LogP contribution < -0.4 is 5.32 Å². The van der Waals surface area contributed by atoms with E-state index in [1.807, 2.05) is 20.8 Å². The minimum Gasteiger partial charge on any atom is -0.466 e. The molecule has 8 heteroatoms. The predicted molar refractivity (Wildman–Crippen MR) is 119 cm³/mol. The van der Waals surface area contributed by atoms with Crippen molar-refractivity contribution in [1.82, 2.24) is 10.2 Å². The molecule has 3 saturated heterocycles. The summed E-state index contributed by atoms with van der Waals surface area (Å²) < 4.78 is 12.0. The fraction of sp³-hybridized carbons (Fsp3) is 0.875.